The van der Waals surface area contributed by atoms with Crippen molar-refractivity contribution in [3.05, 3.63) is 205 Å². The Bertz CT molecular complexity index is 3740. The molecule has 12 aromatic rings. The normalized spacial score (nSPS) is 12.6. The van der Waals surface area contributed by atoms with Crippen LogP contribution in [-0.4, -0.2) is 0 Å². The van der Waals surface area contributed by atoms with Gasteiger partial charge in [-0.3, -0.25) is 0 Å². The molecule has 3 aromatic heterocycles. The van der Waals surface area contributed by atoms with Crippen LogP contribution in [0.3, 0.4) is 0 Å². The number of thiophene rings is 1. The van der Waals surface area contributed by atoms with Crippen LogP contribution >= 0.6 is 11.3 Å². The first kappa shape index (κ1) is 35.1. The molecule has 0 aliphatic heterocycles. The summed E-state index contributed by atoms with van der Waals surface area (Å²) in [5.41, 5.74) is 14.2. The lowest BCUT2D eigenvalue weighted by atomic mass is 9.95. The van der Waals surface area contributed by atoms with E-state index < -0.39 is 0 Å². The third-order valence-electron chi connectivity index (χ3n) is 12.7. The van der Waals surface area contributed by atoms with Crippen molar-refractivity contribution >= 4 is 98.3 Å². The minimum atomic E-state index is 0.904. The summed E-state index contributed by atoms with van der Waals surface area (Å²) in [6.45, 7) is 0. The Hall–Kier alpha value is -7.66. The molecule has 0 fully saturated rings. The minimum absolute atomic E-state index is 0.904. The van der Waals surface area contributed by atoms with Gasteiger partial charge in [0.2, 0.25) is 0 Å². The smallest absolute Gasteiger partial charge is 0.143 e. The minimum Gasteiger partial charge on any atom is -0.460 e. The zero-order valence-corrected chi connectivity index (χ0v) is 34.5. The molecule has 62 heavy (non-hydrogen) atoms. The first-order chi connectivity index (χ1) is 30.7. The molecular formula is C58H37NO2S. The lowest BCUT2D eigenvalue weighted by molar-refractivity contribution is 0.547. The molecule has 3 heterocycles. The van der Waals surface area contributed by atoms with Gasteiger partial charge in [-0.05, 0) is 76.5 Å². The third-order valence-corrected chi connectivity index (χ3v) is 13.9. The number of nitrogens with zero attached hydrogens (tertiary/aromatic N) is 1. The molecule has 13 rings (SSSR count). The summed E-state index contributed by atoms with van der Waals surface area (Å²) >= 11 is 1.88. The van der Waals surface area contributed by atoms with Gasteiger partial charge in [-0.2, -0.15) is 0 Å². The lowest BCUT2D eigenvalue weighted by Gasteiger charge is -2.27. The number of furan rings is 2. The van der Waals surface area contributed by atoms with Crippen LogP contribution in [-0.2, 0) is 6.42 Å². The van der Waals surface area contributed by atoms with Crippen LogP contribution in [0.1, 0.15) is 17.7 Å². The van der Waals surface area contributed by atoms with Gasteiger partial charge in [-0.25, -0.2) is 0 Å². The van der Waals surface area contributed by atoms with Gasteiger partial charge in [0.15, 0.2) is 0 Å². The number of benzene rings is 9. The van der Waals surface area contributed by atoms with E-state index in [4.69, 9.17) is 8.83 Å². The topological polar surface area (TPSA) is 29.5 Å². The van der Waals surface area contributed by atoms with Crippen molar-refractivity contribution in [2.45, 2.75) is 12.8 Å². The number of aryl methyl sites for hydroxylation is 1. The Kier molecular flexibility index (Phi) is 7.91. The zero-order valence-electron chi connectivity index (χ0n) is 33.6. The molecule has 0 saturated heterocycles. The Balaban J connectivity index is 1.01. The average Bonchev–Trinajstić information content (AvgIpc) is 4.04. The van der Waals surface area contributed by atoms with Gasteiger partial charge in [0, 0.05) is 76.2 Å². The standard InChI is InChI=1S/C58H37NO2S/c1-2-12-36(13-3-1)37-26-31-40(32-27-37)59(41-33-28-38(29-34-41)42-17-9-19-46-43-15-4-6-23-51(43)60-56(42)46)50-22-8-14-39-30-35-49-55-45(18-11-25-53(55)62-58(49)54(39)50)48-21-10-20-47-44-16-5-7-24-52(44)61-57(47)48/h1-6,8-23,25-35H,7,24H2. The van der Waals surface area contributed by atoms with Crippen molar-refractivity contribution in [1.29, 1.82) is 0 Å². The van der Waals surface area contributed by atoms with Gasteiger partial charge in [-0.1, -0.05) is 158 Å². The molecule has 0 unspecified atom stereocenters. The molecule has 3 nitrogen and oxygen atoms in total. The fourth-order valence-corrected chi connectivity index (χ4v) is 11.1. The Morgan fingerprint density at radius 2 is 1.13 bits per heavy atom. The van der Waals surface area contributed by atoms with Crippen LogP contribution in [0.2, 0.25) is 0 Å². The molecule has 0 spiro atoms. The first-order valence-electron chi connectivity index (χ1n) is 21.3. The van der Waals surface area contributed by atoms with E-state index in [1.54, 1.807) is 0 Å². The van der Waals surface area contributed by atoms with Crippen LogP contribution in [0, 0.1) is 0 Å². The molecule has 4 heteroatoms. The maximum absolute atomic E-state index is 6.68. The largest absolute Gasteiger partial charge is 0.460 e. The number of hydrogen-bond donors (Lipinski definition) is 0. The highest BCUT2D eigenvalue weighted by Crippen LogP contribution is 2.49. The number of rotatable bonds is 6. The number of fused-ring (bicyclic) bond motifs is 11. The van der Waals surface area contributed by atoms with Crippen LogP contribution in [0.5, 0.6) is 0 Å². The van der Waals surface area contributed by atoms with E-state index in [2.05, 4.69) is 193 Å². The highest BCUT2D eigenvalue weighted by molar-refractivity contribution is 7.26. The molecule has 0 saturated carbocycles. The molecular weight excluding hydrogens is 775 g/mol. The van der Waals surface area contributed by atoms with E-state index >= 15 is 0 Å². The van der Waals surface area contributed by atoms with Gasteiger partial charge >= 0.3 is 0 Å². The van der Waals surface area contributed by atoms with Crippen LogP contribution < -0.4 is 4.90 Å². The summed E-state index contributed by atoms with van der Waals surface area (Å²) in [6.07, 6.45) is 6.45. The summed E-state index contributed by atoms with van der Waals surface area (Å²) in [7, 11) is 0. The monoisotopic (exact) mass is 811 g/mol. The molecule has 0 radical (unpaired) electrons. The number of anilines is 3. The van der Waals surface area contributed by atoms with Gasteiger partial charge in [0.25, 0.3) is 0 Å². The highest BCUT2D eigenvalue weighted by Gasteiger charge is 2.23. The molecule has 292 valence electrons. The maximum atomic E-state index is 6.68. The zero-order chi connectivity index (χ0) is 40.7. The summed E-state index contributed by atoms with van der Waals surface area (Å²) in [5.74, 6) is 1.09. The second-order valence-electron chi connectivity index (χ2n) is 16.2. The fraction of sp³-hybridized carbons (Fsp3) is 0.0345. The fourth-order valence-electron chi connectivity index (χ4n) is 9.85. The first-order valence-corrected chi connectivity index (χ1v) is 22.1. The molecule has 0 atom stereocenters. The predicted molar refractivity (Wildman–Crippen MR) is 262 cm³/mol. The SMILES string of the molecule is C1=Cc2c(oc3c(-c4cccc5sc6c(ccc7cccc(N(c8ccc(-c9ccccc9)cc8)c8ccc(-c9cccc%10c9oc9ccccc9%10)cc8)c76)c45)cccc23)CC1. The van der Waals surface area contributed by atoms with E-state index in [0.717, 1.165) is 79.9 Å². The van der Waals surface area contributed by atoms with Crippen LogP contribution in [0.15, 0.2) is 203 Å². The van der Waals surface area contributed by atoms with Crippen molar-refractivity contribution in [3.63, 3.8) is 0 Å². The highest BCUT2D eigenvalue weighted by atomic mass is 32.1. The van der Waals surface area contributed by atoms with E-state index in [1.165, 1.54) is 58.6 Å². The van der Waals surface area contributed by atoms with E-state index in [9.17, 15) is 0 Å². The predicted octanol–water partition coefficient (Wildman–Crippen LogP) is 17.3. The second kappa shape index (κ2) is 14.0. The lowest BCUT2D eigenvalue weighted by Crippen LogP contribution is -2.10. The van der Waals surface area contributed by atoms with E-state index in [-0.39, 0.29) is 0 Å². The van der Waals surface area contributed by atoms with E-state index in [0.29, 0.717) is 0 Å². The molecule has 0 amide bonds. The molecule has 0 N–H and O–H groups in total. The van der Waals surface area contributed by atoms with E-state index in [1.807, 2.05) is 23.5 Å². The van der Waals surface area contributed by atoms with Crippen molar-refractivity contribution in [3.8, 4) is 33.4 Å². The van der Waals surface area contributed by atoms with Crippen LogP contribution in [0.25, 0.3) is 103 Å². The van der Waals surface area contributed by atoms with Gasteiger partial charge < -0.3 is 13.7 Å². The summed E-state index contributed by atoms with van der Waals surface area (Å²) in [5, 5.41) is 8.41. The molecule has 9 aromatic carbocycles. The Labute approximate surface area is 362 Å². The van der Waals surface area contributed by atoms with Gasteiger partial charge in [0.1, 0.15) is 22.5 Å². The maximum Gasteiger partial charge on any atom is 0.143 e. The number of allylic oxidation sites excluding steroid dienone is 1. The van der Waals surface area contributed by atoms with Gasteiger partial charge in [0.05, 0.1) is 5.69 Å². The van der Waals surface area contributed by atoms with Crippen molar-refractivity contribution in [2.75, 3.05) is 4.90 Å². The number of hydrogen-bond acceptors (Lipinski definition) is 4. The van der Waals surface area contributed by atoms with Crippen LogP contribution in [0.4, 0.5) is 17.1 Å². The molecule has 1 aliphatic rings. The molecule has 0 bridgehead atoms. The van der Waals surface area contributed by atoms with Crippen molar-refractivity contribution < 1.29 is 8.83 Å². The molecule has 1 aliphatic carbocycles. The quantitative estimate of drug-likeness (QED) is 0.168. The summed E-state index contributed by atoms with van der Waals surface area (Å²) in [6, 6.07) is 68.0. The van der Waals surface area contributed by atoms with Crippen molar-refractivity contribution in [1.82, 2.24) is 0 Å². The third kappa shape index (κ3) is 5.43. The van der Waals surface area contributed by atoms with Gasteiger partial charge in [-0.15, -0.1) is 11.3 Å². The number of para-hydroxylation sites is 3. The summed E-state index contributed by atoms with van der Waals surface area (Å²) < 4.78 is 15.7. The Morgan fingerprint density at radius 3 is 1.98 bits per heavy atom. The summed E-state index contributed by atoms with van der Waals surface area (Å²) in [4.78, 5) is 2.43. The van der Waals surface area contributed by atoms with Crippen molar-refractivity contribution in [2.24, 2.45) is 0 Å². The average molecular weight is 812 g/mol. The Morgan fingerprint density at radius 1 is 0.452 bits per heavy atom. The second-order valence-corrected chi connectivity index (χ2v) is 17.3.